The zero-order valence-electron chi connectivity index (χ0n) is 13.5. The molecule has 22 heavy (non-hydrogen) atoms. The third kappa shape index (κ3) is 4.63. The number of aliphatic hydroxyl groups is 1. The number of amides is 2. The van der Waals surface area contributed by atoms with Crippen molar-refractivity contribution in [3.05, 3.63) is 23.8 Å². The van der Waals surface area contributed by atoms with Crippen LogP contribution < -0.4 is 10.1 Å². The van der Waals surface area contributed by atoms with Gasteiger partial charge in [-0.15, -0.1) is 0 Å². The van der Waals surface area contributed by atoms with Gasteiger partial charge in [0, 0.05) is 18.3 Å². The van der Waals surface area contributed by atoms with Crippen molar-refractivity contribution in [1.82, 2.24) is 4.90 Å². The molecule has 0 aliphatic heterocycles. The van der Waals surface area contributed by atoms with Gasteiger partial charge in [-0.05, 0) is 49.9 Å². The van der Waals surface area contributed by atoms with E-state index >= 15 is 0 Å². The van der Waals surface area contributed by atoms with Crippen LogP contribution in [0.2, 0.25) is 0 Å². The maximum atomic E-state index is 12.3. The molecule has 0 heterocycles. The summed E-state index contributed by atoms with van der Waals surface area (Å²) in [5, 5.41) is 12.0. The Morgan fingerprint density at radius 3 is 2.82 bits per heavy atom. The first-order valence-electron chi connectivity index (χ1n) is 8.07. The minimum absolute atomic E-state index is 0.00684. The number of unbranched alkanes of at least 4 members (excludes halogenated alkanes) is 1. The normalized spacial score (nSPS) is 13.8. The third-order valence-corrected chi connectivity index (χ3v) is 3.80. The number of aryl methyl sites for hydroxylation is 1. The summed E-state index contributed by atoms with van der Waals surface area (Å²) in [6, 6.07) is 5.84. The van der Waals surface area contributed by atoms with Crippen molar-refractivity contribution >= 4 is 11.7 Å². The molecular weight excluding hydrogens is 280 g/mol. The van der Waals surface area contributed by atoms with Crippen molar-refractivity contribution in [2.45, 2.75) is 45.6 Å². The van der Waals surface area contributed by atoms with Gasteiger partial charge in [-0.2, -0.15) is 0 Å². The Balaban J connectivity index is 1.95. The molecule has 0 unspecified atom stereocenters. The molecule has 2 amide bonds. The molecule has 0 aromatic heterocycles. The zero-order chi connectivity index (χ0) is 15.9. The van der Waals surface area contributed by atoms with Crippen molar-refractivity contribution in [2.24, 2.45) is 0 Å². The van der Waals surface area contributed by atoms with E-state index in [0.717, 1.165) is 42.7 Å². The molecule has 1 aliphatic carbocycles. The van der Waals surface area contributed by atoms with Crippen molar-refractivity contribution in [3.8, 4) is 5.75 Å². The summed E-state index contributed by atoms with van der Waals surface area (Å²) in [6.45, 7) is 5.18. The number of aliphatic hydroxyl groups excluding tert-OH is 1. The van der Waals surface area contributed by atoms with Crippen molar-refractivity contribution in [2.75, 3.05) is 25.1 Å². The highest BCUT2D eigenvalue weighted by molar-refractivity contribution is 5.90. The maximum absolute atomic E-state index is 12.3. The molecule has 0 radical (unpaired) electrons. The molecule has 0 spiro atoms. The Kier molecular flexibility index (Phi) is 6.07. The Bertz CT molecular complexity index is 501. The molecule has 2 N–H and O–H groups in total. The second-order valence-corrected chi connectivity index (χ2v) is 5.76. The number of nitrogens with zero attached hydrogens (tertiary/aromatic N) is 1. The van der Waals surface area contributed by atoms with E-state index in [1.165, 1.54) is 0 Å². The average Bonchev–Trinajstić information content (AvgIpc) is 3.32. The lowest BCUT2D eigenvalue weighted by atomic mass is 10.2. The van der Waals surface area contributed by atoms with Crippen LogP contribution in [0.4, 0.5) is 10.5 Å². The third-order valence-electron chi connectivity index (χ3n) is 3.80. The number of hydrogen-bond acceptors (Lipinski definition) is 3. The standard InChI is InChI=1S/C17H26N2O3/c1-3-4-11-22-15-7-8-16(13(2)12-15)18-17(21)19(9-10-20)14-5-6-14/h7-8,12,14,20H,3-6,9-11H2,1-2H3,(H,18,21). The topological polar surface area (TPSA) is 61.8 Å². The molecule has 0 atom stereocenters. The van der Waals surface area contributed by atoms with E-state index in [1.807, 2.05) is 25.1 Å². The van der Waals surface area contributed by atoms with Gasteiger partial charge in [-0.3, -0.25) is 0 Å². The first-order chi connectivity index (χ1) is 10.7. The Morgan fingerprint density at radius 2 is 2.23 bits per heavy atom. The fraction of sp³-hybridized carbons (Fsp3) is 0.588. The van der Waals surface area contributed by atoms with Crippen LogP contribution in [-0.4, -0.2) is 41.8 Å². The number of urea groups is 1. The van der Waals surface area contributed by atoms with Crippen LogP contribution in [0.5, 0.6) is 5.75 Å². The number of rotatable bonds is 8. The zero-order valence-corrected chi connectivity index (χ0v) is 13.5. The van der Waals surface area contributed by atoms with E-state index in [-0.39, 0.29) is 18.7 Å². The number of carbonyl (C=O) groups is 1. The fourth-order valence-electron chi connectivity index (χ4n) is 2.33. The molecule has 5 nitrogen and oxygen atoms in total. The van der Waals surface area contributed by atoms with Crippen molar-refractivity contribution in [1.29, 1.82) is 0 Å². The number of ether oxygens (including phenoxy) is 1. The summed E-state index contributed by atoms with van der Waals surface area (Å²) >= 11 is 0. The number of anilines is 1. The van der Waals surface area contributed by atoms with Crippen LogP contribution in [0.3, 0.4) is 0 Å². The van der Waals surface area contributed by atoms with Crippen LogP contribution in [0.1, 0.15) is 38.2 Å². The molecule has 122 valence electrons. The predicted octanol–water partition coefficient (Wildman–Crippen LogP) is 3.16. The van der Waals surface area contributed by atoms with Crippen LogP contribution in [0.15, 0.2) is 18.2 Å². The predicted molar refractivity (Wildman–Crippen MR) is 87.4 cm³/mol. The van der Waals surface area contributed by atoms with Crippen molar-refractivity contribution < 1.29 is 14.6 Å². The van der Waals surface area contributed by atoms with E-state index < -0.39 is 0 Å². The van der Waals surface area contributed by atoms with Crippen LogP contribution in [-0.2, 0) is 0 Å². The summed E-state index contributed by atoms with van der Waals surface area (Å²) in [7, 11) is 0. The molecule has 1 aromatic carbocycles. The van der Waals surface area contributed by atoms with Crippen LogP contribution >= 0.6 is 0 Å². The largest absolute Gasteiger partial charge is 0.494 e. The van der Waals surface area contributed by atoms with Crippen LogP contribution in [0.25, 0.3) is 0 Å². The second kappa shape index (κ2) is 8.03. The van der Waals surface area contributed by atoms with E-state index in [4.69, 9.17) is 9.84 Å². The quantitative estimate of drug-likeness (QED) is 0.725. The van der Waals surface area contributed by atoms with Gasteiger partial charge in [0.05, 0.1) is 13.2 Å². The molecule has 5 heteroatoms. The summed E-state index contributed by atoms with van der Waals surface area (Å²) in [5.74, 6) is 0.832. The van der Waals surface area contributed by atoms with Gasteiger partial charge in [-0.1, -0.05) is 13.3 Å². The molecule has 0 bridgehead atoms. The number of carbonyl (C=O) groups excluding carboxylic acids is 1. The van der Waals surface area contributed by atoms with E-state index in [2.05, 4.69) is 12.2 Å². The molecular formula is C17H26N2O3. The van der Waals surface area contributed by atoms with E-state index in [1.54, 1.807) is 4.90 Å². The lowest BCUT2D eigenvalue weighted by Crippen LogP contribution is -2.38. The van der Waals surface area contributed by atoms with Gasteiger partial charge in [0.25, 0.3) is 0 Å². The first-order valence-corrected chi connectivity index (χ1v) is 8.07. The highest BCUT2D eigenvalue weighted by Gasteiger charge is 2.32. The Labute approximate surface area is 132 Å². The summed E-state index contributed by atoms with van der Waals surface area (Å²) in [4.78, 5) is 14.0. The van der Waals surface area contributed by atoms with Crippen molar-refractivity contribution in [3.63, 3.8) is 0 Å². The lowest BCUT2D eigenvalue weighted by Gasteiger charge is -2.22. The SMILES string of the molecule is CCCCOc1ccc(NC(=O)N(CCO)C2CC2)c(C)c1. The van der Waals surface area contributed by atoms with Gasteiger partial charge in [0.2, 0.25) is 0 Å². The molecule has 0 saturated heterocycles. The smallest absolute Gasteiger partial charge is 0.322 e. The molecule has 1 saturated carbocycles. The summed E-state index contributed by atoms with van der Waals surface area (Å²) in [6.07, 6.45) is 4.19. The fourth-order valence-corrected chi connectivity index (χ4v) is 2.33. The lowest BCUT2D eigenvalue weighted by molar-refractivity contribution is 0.185. The molecule has 1 aromatic rings. The molecule has 1 fully saturated rings. The first kappa shape index (κ1) is 16.6. The van der Waals surface area contributed by atoms with Gasteiger partial charge in [-0.25, -0.2) is 4.79 Å². The monoisotopic (exact) mass is 306 g/mol. The average molecular weight is 306 g/mol. The van der Waals surface area contributed by atoms with Gasteiger partial charge in [0.15, 0.2) is 0 Å². The van der Waals surface area contributed by atoms with Crippen LogP contribution in [0, 0.1) is 6.92 Å². The maximum Gasteiger partial charge on any atom is 0.322 e. The minimum atomic E-state index is -0.140. The highest BCUT2D eigenvalue weighted by atomic mass is 16.5. The van der Waals surface area contributed by atoms with Gasteiger partial charge >= 0.3 is 6.03 Å². The number of hydrogen-bond donors (Lipinski definition) is 2. The highest BCUT2D eigenvalue weighted by Crippen LogP contribution is 2.28. The second-order valence-electron chi connectivity index (χ2n) is 5.76. The Hall–Kier alpha value is -1.75. The number of benzene rings is 1. The minimum Gasteiger partial charge on any atom is -0.494 e. The van der Waals surface area contributed by atoms with E-state index in [9.17, 15) is 4.79 Å². The van der Waals surface area contributed by atoms with E-state index in [0.29, 0.717) is 13.2 Å². The molecule has 2 rings (SSSR count). The summed E-state index contributed by atoms with van der Waals surface area (Å²) < 4.78 is 5.67. The number of nitrogens with one attached hydrogen (secondary N) is 1. The molecule has 1 aliphatic rings. The van der Waals surface area contributed by atoms with Gasteiger partial charge in [0.1, 0.15) is 5.75 Å². The summed E-state index contributed by atoms with van der Waals surface area (Å²) in [5.41, 5.74) is 1.76. The Morgan fingerprint density at radius 1 is 1.45 bits per heavy atom. The van der Waals surface area contributed by atoms with Gasteiger partial charge < -0.3 is 20.1 Å².